The first-order valence-electron chi connectivity index (χ1n) is 5.26. The SMILES string of the molecule is C=C(NC)N1CCC(C(C)C)CC1. The van der Waals surface area contributed by atoms with Crippen LogP contribution in [0.2, 0.25) is 0 Å². The van der Waals surface area contributed by atoms with Crippen molar-refractivity contribution in [1.29, 1.82) is 0 Å². The Morgan fingerprint density at radius 1 is 1.38 bits per heavy atom. The predicted octanol–water partition coefficient (Wildman–Crippen LogP) is 2.04. The maximum atomic E-state index is 3.98. The molecule has 0 bridgehead atoms. The highest BCUT2D eigenvalue weighted by Crippen LogP contribution is 2.25. The van der Waals surface area contributed by atoms with Gasteiger partial charge in [-0.1, -0.05) is 20.4 Å². The number of nitrogens with one attached hydrogen (secondary N) is 1. The van der Waals surface area contributed by atoms with Gasteiger partial charge in [-0.3, -0.25) is 0 Å². The molecular weight excluding hydrogens is 160 g/mol. The van der Waals surface area contributed by atoms with E-state index in [0.29, 0.717) is 0 Å². The summed E-state index contributed by atoms with van der Waals surface area (Å²) in [5.41, 5.74) is 0. The standard InChI is InChI=1S/C11H22N2/c1-9(2)11-5-7-13(8-6-11)10(3)12-4/h9,11-12H,3,5-8H2,1-2,4H3. The summed E-state index contributed by atoms with van der Waals surface area (Å²) in [4.78, 5) is 2.35. The molecule has 0 aromatic rings. The third-order valence-electron chi connectivity index (χ3n) is 3.15. The molecule has 76 valence electrons. The van der Waals surface area contributed by atoms with Crippen molar-refractivity contribution in [2.45, 2.75) is 26.7 Å². The van der Waals surface area contributed by atoms with Gasteiger partial charge < -0.3 is 10.2 Å². The first kappa shape index (κ1) is 10.4. The summed E-state index contributed by atoms with van der Waals surface area (Å²) in [6, 6.07) is 0. The first-order chi connectivity index (χ1) is 6.15. The normalized spacial score (nSPS) is 19.2. The van der Waals surface area contributed by atoms with E-state index in [9.17, 15) is 0 Å². The average molecular weight is 182 g/mol. The average Bonchev–Trinajstić information content (AvgIpc) is 2.17. The van der Waals surface area contributed by atoms with E-state index in [-0.39, 0.29) is 0 Å². The van der Waals surface area contributed by atoms with Crippen LogP contribution in [0.5, 0.6) is 0 Å². The van der Waals surface area contributed by atoms with Crippen LogP contribution in [-0.4, -0.2) is 25.0 Å². The number of piperidine rings is 1. The van der Waals surface area contributed by atoms with Crippen LogP contribution in [0.4, 0.5) is 0 Å². The highest BCUT2D eigenvalue weighted by molar-refractivity contribution is 4.92. The molecule has 1 rings (SSSR count). The molecule has 0 spiro atoms. The van der Waals surface area contributed by atoms with Crippen molar-refractivity contribution in [1.82, 2.24) is 10.2 Å². The van der Waals surface area contributed by atoms with Gasteiger partial charge in [-0.25, -0.2) is 0 Å². The lowest BCUT2D eigenvalue weighted by Gasteiger charge is -2.35. The summed E-state index contributed by atoms with van der Waals surface area (Å²) in [6.07, 6.45) is 2.64. The maximum absolute atomic E-state index is 3.98. The van der Waals surface area contributed by atoms with E-state index in [2.05, 4.69) is 30.6 Å². The molecule has 0 aromatic carbocycles. The number of rotatable bonds is 3. The van der Waals surface area contributed by atoms with Gasteiger partial charge in [0, 0.05) is 20.1 Å². The first-order valence-corrected chi connectivity index (χ1v) is 5.26. The molecule has 2 heteroatoms. The van der Waals surface area contributed by atoms with Gasteiger partial charge in [0.1, 0.15) is 0 Å². The molecule has 13 heavy (non-hydrogen) atoms. The van der Waals surface area contributed by atoms with Gasteiger partial charge in [0.15, 0.2) is 0 Å². The molecule has 1 fully saturated rings. The van der Waals surface area contributed by atoms with Gasteiger partial charge in [0.25, 0.3) is 0 Å². The number of nitrogens with zero attached hydrogens (tertiary/aromatic N) is 1. The zero-order chi connectivity index (χ0) is 9.84. The number of hydrogen-bond acceptors (Lipinski definition) is 2. The molecule has 1 aliphatic heterocycles. The monoisotopic (exact) mass is 182 g/mol. The van der Waals surface area contributed by atoms with Gasteiger partial charge in [-0.15, -0.1) is 0 Å². The maximum Gasteiger partial charge on any atom is 0.0936 e. The van der Waals surface area contributed by atoms with Gasteiger partial charge in [-0.05, 0) is 24.7 Å². The Hall–Kier alpha value is -0.660. The van der Waals surface area contributed by atoms with Crippen LogP contribution >= 0.6 is 0 Å². The van der Waals surface area contributed by atoms with Gasteiger partial charge in [0.2, 0.25) is 0 Å². The molecule has 1 aliphatic rings. The van der Waals surface area contributed by atoms with Gasteiger partial charge in [0.05, 0.1) is 5.82 Å². The fraction of sp³-hybridized carbons (Fsp3) is 0.818. The summed E-state index contributed by atoms with van der Waals surface area (Å²) in [5, 5.41) is 3.11. The fourth-order valence-electron chi connectivity index (χ4n) is 1.99. The Bertz CT molecular complexity index is 167. The Balaban J connectivity index is 2.34. The molecule has 1 saturated heterocycles. The van der Waals surface area contributed by atoms with E-state index in [1.165, 1.54) is 25.9 Å². The Kier molecular flexibility index (Phi) is 3.64. The molecule has 0 saturated carbocycles. The predicted molar refractivity (Wildman–Crippen MR) is 57.3 cm³/mol. The zero-order valence-corrected chi connectivity index (χ0v) is 9.14. The summed E-state index contributed by atoms with van der Waals surface area (Å²) in [7, 11) is 1.94. The van der Waals surface area contributed by atoms with Gasteiger partial charge >= 0.3 is 0 Å². The molecule has 2 nitrogen and oxygen atoms in total. The van der Waals surface area contributed by atoms with E-state index >= 15 is 0 Å². The van der Waals surface area contributed by atoms with Crippen molar-refractivity contribution in [2.24, 2.45) is 11.8 Å². The lowest BCUT2D eigenvalue weighted by Crippen LogP contribution is -2.37. The second kappa shape index (κ2) is 4.54. The van der Waals surface area contributed by atoms with E-state index in [1.54, 1.807) is 0 Å². The van der Waals surface area contributed by atoms with Crippen LogP contribution < -0.4 is 5.32 Å². The van der Waals surface area contributed by atoms with Crippen molar-refractivity contribution in [3.63, 3.8) is 0 Å². The Morgan fingerprint density at radius 3 is 2.31 bits per heavy atom. The van der Waals surface area contributed by atoms with Crippen molar-refractivity contribution in [2.75, 3.05) is 20.1 Å². The minimum absolute atomic E-state index is 0.838. The highest BCUT2D eigenvalue weighted by Gasteiger charge is 2.21. The lowest BCUT2D eigenvalue weighted by molar-refractivity contribution is 0.184. The molecule has 0 unspecified atom stereocenters. The lowest BCUT2D eigenvalue weighted by atomic mass is 9.87. The smallest absolute Gasteiger partial charge is 0.0936 e. The fourth-order valence-corrected chi connectivity index (χ4v) is 1.99. The van der Waals surface area contributed by atoms with Crippen LogP contribution in [0.15, 0.2) is 12.4 Å². The van der Waals surface area contributed by atoms with E-state index in [0.717, 1.165) is 17.7 Å². The molecule has 0 aromatic heterocycles. The minimum atomic E-state index is 0.838. The quantitative estimate of drug-likeness (QED) is 0.718. The van der Waals surface area contributed by atoms with Crippen LogP contribution in [0.1, 0.15) is 26.7 Å². The van der Waals surface area contributed by atoms with Crippen molar-refractivity contribution >= 4 is 0 Å². The van der Waals surface area contributed by atoms with Gasteiger partial charge in [-0.2, -0.15) is 0 Å². The van der Waals surface area contributed by atoms with E-state index in [1.807, 2.05) is 7.05 Å². The van der Waals surface area contributed by atoms with Crippen LogP contribution in [0, 0.1) is 11.8 Å². The number of hydrogen-bond donors (Lipinski definition) is 1. The van der Waals surface area contributed by atoms with Crippen molar-refractivity contribution in [3.05, 3.63) is 12.4 Å². The summed E-state index contributed by atoms with van der Waals surface area (Å²) in [6.45, 7) is 11.0. The number of likely N-dealkylation sites (tertiary alicyclic amines) is 1. The topological polar surface area (TPSA) is 15.3 Å². The molecule has 0 aliphatic carbocycles. The summed E-state index contributed by atoms with van der Waals surface area (Å²) < 4.78 is 0. The second-order valence-corrected chi connectivity index (χ2v) is 4.27. The van der Waals surface area contributed by atoms with Crippen LogP contribution in [-0.2, 0) is 0 Å². The summed E-state index contributed by atoms with van der Waals surface area (Å²) >= 11 is 0. The molecule has 0 atom stereocenters. The minimum Gasteiger partial charge on any atom is -0.375 e. The Morgan fingerprint density at radius 2 is 1.92 bits per heavy atom. The molecule has 0 amide bonds. The Labute approximate surface area is 82.0 Å². The third kappa shape index (κ3) is 2.64. The second-order valence-electron chi connectivity index (χ2n) is 4.27. The molecule has 0 radical (unpaired) electrons. The van der Waals surface area contributed by atoms with Crippen molar-refractivity contribution < 1.29 is 0 Å². The van der Waals surface area contributed by atoms with Crippen LogP contribution in [0.3, 0.4) is 0 Å². The summed E-state index contributed by atoms with van der Waals surface area (Å²) in [5.74, 6) is 2.83. The third-order valence-corrected chi connectivity index (χ3v) is 3.15. The zero-order valence-electron chi connectivity index (χ0n) is 9.14. The molecular formula is C11H22N2. The van der Waals surface area contributed by atoms with E-state index < -0.39 is 0 Å². The van der Waals surface area contributed by atoms with E-state index in [4.69, 9.17) is 0 Å². The van der Waals surface area contributed by atoms with Crippen molar-refractivity contribution in [3.8, 4) is 0 Å². The largest absolute Gasteiger partial charge is 0.375 e. The van der Waals surface area contributed by atoms with Crippen LogP contribution in [0.25, 0.3) is 0 Å². The highest BCUT2D eigenvalue weighted by atomic mass is 15.2. The molecule has 1 N–H and O–H groups in total. The molecule has 1 heterocycles.